The Bertz CT molecular complexity index is 1110. The molecule has 3 amide bonds. The molecule has 0 aliphatic carbocycles. The second-order valence-electron chi connectivity index (χ2n) is 9.32. The van der Waals surface area contributed by atoms with Crippen LogP contribution in [-0.4, -0.2) is 80.6 Å². The van der Waals surface area contributed by atoms with E-state index in [1.54, 1.807) is 30.3 Å². The fraction of sp³-hybridized carbons (Fsp3) is 0.462. The van der Waals surface area contributed by atoms with Crippen molar-refractivity contribution in [2.45, 2.75) is 69.1 Å². The van der Waals surface area contributed by atoms with E-state index >= 15 is 0 Å². The molecular weight excluding hydrogens is 522 g/mol. The number of carbonyl (C=O) groups is 5. The van der Waals surface area contributed by atoms with E-state index in [1.807, 2.05) is 0 Å². The van der Waals surface area contributed by atoms with Gasteiger partial charge in [0.05, 0.1) is 12.4 Å². The zero-order chi connectivity index (χ0) is 29.5. The summed E-state index contributed by atoms with van der Waals surface area (Å²) in [6.07, 6.45) is 3.62. The lowest BCUT2D eigenvalue weighted by Crippen LogP contribution is -2.57. The number of aromatic nitrogens is 2. The highest BCUT2D eigenvalue weighted by Crippen LogP contribution is 2.08. The van der Waals surface area contributed by atoms with Crippen molar-refractivity contribution in [1.29, 1.82) is 0 Å². The quantitative estimate of drug-likeness (QED) is 0.104. The van der Waals surface area contributed by atoms with Crippen molar-refractivity contribution in [3.8, 4) is 0 Å². The molecule has 0 unspecified atom stereocenters. The summed E-state index contributed by atoms with van der Waals surface area (Å²) in [6.45, 7) is 0.362. The number of hydrogen-bond donors (Lipinski definition) is 8. The zero-order valence-electron chi connectivity index (χ0n) is 22.0. The third-order valence-corrected chi connectivity index (χ3v) is 6.09. The monoisotopic (exact) mass is 559 g/mol. The largest absolute Gasteiger partial charge is 0.481 e. The first-order valence-electron chi connectivity index (χ1n) is 12.9. The van der Waals surface area contributed by atoms with E-state index in [1.165, 1.54) is 12.5 Å². The molecule has 0 aliphatic rings. The Morgan fingerprint density at radius 3 is 2.10 bits per heavy atom. The normalized spacial score (nSPS) is 13.8. The molecule has 0 bridgehead atoms. The molecule has 1 heterocycles. The maximum absolute atomic E-state index is 13.4. The first-order valence-corrected chi connectivity index (χ1v) is 12.9. The predicted octanol–water partition coefficient (Wildman–Crippen LogP) is -0.945. The minimum atomic E-state index is -1.28. The molecule has 218 valence electrons. The van der Waals surface area contributed by atoms with Crippen molar-refractivity contribution in [2.24, 2.45) is 11.5 Å². The molecule has 14 nitrogen and oxygen atoms in total. The average Bonchev–Trinajstić information content (AvgIpc) is 3.44. The number of H-pyrrole nitrogens is 1. The summed E-state index contributed by atoms with van der Waals surface area (Å²) in [6, 6.07) is 4.13. The summed E-state index contributed by atoms with van der Waals surface area (Å²) in [5.41, 5.74) is 12.6. The molecule has 14 heteroatoms. The fourth-order valence-corrected chi connectivity index (χ4v) is 3.87. The van der Waals surface area contributed by atoms with Crippen LogP contribution in [0.5, 0.6) is 0 Å². The van der Waals surface area contributed by atoms with Crippen molar-refractivity contribution < 1.29 is 34.2 Å². The van der Waals surface area contributed by atoms with Gasteiger partial charge >= 0.3 is 11.9 Å². The SMILES string of the molecule is NCCCC[C@H](NC(=O)[C@H](Cc1ccccc1)NC(=O)[C@@H](N)CCC(=O)O)C(=O)N[C@@H](Cc1cnc[nH]1)C(=O)O. The third-order valence-electron chi connectivity index (χ3n) is 6.09. The highest BCUT2D eigenvalue weighted by atomic mass is 16.4. The molecule has 40 heavy (non-hydrogen) atoms. The predicted molar refractivity (Wildman–Crippen MR) is 144 cm³/mol. The highest BCUT2D eigenvalue weighted by molar-refractivity contribution is 5.94. The second kappa shape index (κ2) is 16.6. The Hall–Kier alpha value is -4.30. The molecule has 10 N–H and O–H groups in total. The summed E-state index contributed by atoms with van der Waals surface area (Å²) in [5.74, 6) is -4.48. The lowest BCUT2D eigenvalue weighted by atomic mass is 10.0. The van der Waals surface area contributed by atoms with Crippen LogP contribution in [0, 0.1) is 0 Å². The standard InChI is InChI=1S/C26H37N7O7/c27-11-5-4-8-19(24(37)33-21(26(39)40)13-17-14-29-15-30-17)31-25(38)20(12-16-6-2-1-3-7-16)32-23(36)18(28)9-10-22(34)35/h1-3,6-7,14-15,18-21H,4-5,8-13,27-28H2,(H,29,30)(H,31,38)(H,32,36)(H,33,37)(H,34,35)(H,39,40)/t18-,19-,20-,21-/m0/s1. The second-order valence-corrected chi connectivity index (χ2v) is 9.32. The van der Waals surface area contributed by atoms with Crippen LogP contribution < -0.4 is 27.4 Å². The van der Waals surface area contributed by atoms with Crippen LogP contribution in [0.1, 0.15) is 43.4 Å². The van der Waals surface area contributed by atoms with E-state index in [0.717, 1.165) is 5.56 Å². The van der Waals surface area contributed by atoms with Crippen LogP contribution >= 0.6 is 0 Å². The van der Waals surface area contributed by atoms with Gasteiger partial charge in [0.1, 0.15) is 18.1 Å². The summed E-state index contributed by atoms with van der Waals surface area (Å²) in [5, 5.41) is 26.2. The molecule has 0 spiro atoms. The molecule has 0 saturated heterocycles. The topological polar surface area (TPSA) is 243 Å². The number of nitrogens with zero attached hydrogens (tertiary/aromatic N) is 1. The Labute approximate surface area is 231 Å². The number of carboxylic acids is 2. The summed E-state index contributed by atoms with van der Waals surface area (Å²) in [4.78, 5) is 68.6. The Morgan fingerprint density at radius 2 is 1.50 bits per heavy atom. The van der Waals surface area contributed by atoms with E-state index in [9.17, 15) is 29.1 Å². The lowest BCUT2D eigenvalue weighted by molar-refractivity contribution is -0.142. The molecule has 1 aromatic heterocycles. The molecule has 1 aromatic carbocycles. The van der Waals surface area contributed by atoms with Gasteiger partial charge in [0.2, 0.25) is 17.7 Å². The number of amides is 3. The van der Waals surface area contributed by atoms with Crippen LogP contribution in [0.3, 0.4) is 0 Å². The number of carbonyl (C=O) groups excluding carboxylic acids is 3. The molecule has 2 rings (SSSR count). The molecule has 0 aliphatic heterocycles. The minimum Gasteiger partial charge on any atom is -0.481 e. The molecule has 0 saturated carbocycles. The molecule has 0 fully saturated rings. The number of carboxylic acid groups (broad SMARTS) is 2. The van der Waals surface area contributed by atoms with Gasteiger partial charge in [-0.3, -0.25) is 19.2 Å². The lowest BCUT2D eigenvalue weighted by Gasteiger charge is -2.25. The number of aliphatic carboxylic acids is 2. The summed E-state index contributed by atoms with van der Waals surface area (Å²) < 4.78 is 0. The van der Waals surface area contributed by atoms with Gasteiger partial charge in [-0.1, -0.05) is 30.3 Å². The van der Waals surface area contributed by atoms with Crippen LogP contribution in [0.2, 0.25) is 0 Å². The molecule has 2 aromatic rings. The van der Waals surface area contributed by atoms with Crippen molar-refractivity contribution in [2.75, 3.05) is 6.54 Å². The van der Waals surface area contributed by atoms with E-state index in [4.69, 9.17) is 16.6 Å². The number of hydrogen-bond acceptors (Lipinski definition) is 8. The van der Waals surface area contributed by atoms with Crippen LogP contribution in [0.4, 0.5) is 0 Å². The minimum absolute atomic E-state index is 0.0501. The molecular formula is C26H37N7O7. The first-order chi connectivity index (χ1) is 19.1. The average molecular weight is 560 g/mol. The molecule has 0 radical (unpaired) electrons. The maximum atomic E-state index is 13.4. The van der Waals surface area contributed by atoms with Crippen molar-refractivity contribution in [3.63, 3.8) is 0 Å². The number of unbranched alkanes of at least 4 members (excludes halogenated alkanes) is 1. The smallest absolute Gasteiger partial charge is 0.326 e. The van der Waals surface area contributed by atoms with Gasteiger partial charge in [0.25, 0.3) is 0 Å². The number of aromatic amines is 1. The van der Waals surface area contributed by atoms with Crippen LogP contribution in [0.15, 0.2) is 42.9 Å². The van der Waals surface area contributed by atoms with Gasteiger partial charge in [-0.05, 0) is 37.8 Å². The van der Waals surface area contributed by atoms with Gasteiger partial charge in [-0.15, -0.1) is 0 Å². The van der Waals surface area contributed by atoms with E-state index < -0.39 is 53.8 Å². The fourth-order valence-electron chi connectivity index (χ4n) is 3.87. The van der Waals surface area contributed by atoms with Gasteiger partial charge in [0.15, 0.2) is 0 Å². The summed E-state index contributed by atoms with van der Waals surface area (Å²) >= 11 is 0. The highest BCUT2D eigenvalue weighted by Gasteiger charge is 2.30. The first kappa shape index (κ1) is 31.9. The molecule has 4 atom stereocenters. The van der Waals surface area contributed by atoms with E-state index in [2.05, 4.69) is 25.9 Å². The van der Waals surface area contributed by atoms with Crippen molar-refractivity contribution in [1.82, 2.24) is 25.9 Å². The van der Waals surface area contributed by atoms with Gasteiger partial charge in [0, 0.05) is 31.2 Å². The summed E-state index contributed by atoms with van der Waals surface area (Å²) in [7, 11) is 0. The number of nitrogens with two attached hydrogens (primary N) is 2. The van der Waals surface area contributed by atoms with Crippen LogP contribution in [-0.2, 0) is 36.8 Å². The van der Waals surface area contributed by atoms with Gasteiger partial charge in [-0.2, -0.15) is 0 Å². The Kier molecular flexibility index (Phi) is 13.3. The van der Waals surface area contributed by atoms with Gasteiger partial charge in [-0.25, -0.2) is 9.78 Å². The van der Waals surface area contributed by atoms with Crippen molar-refractivity contribution >= 4 is 29.7 Å². The number of imidazole rings is 1. The Morgan fingerprint density at radius 1 is 0.850 bits per heavy atom. The Balaban J connectivity index is 2.19. The third kappa shape index (κ3) is 11.2. The van der Waals surface area contributed by atoms with Crippen molar-refractivity contribution in [3.05, 3.63) is 54.1 Å². The van der Waals surface area contributed by atoms with Gasteiger partial charge < -0.3 is 42.6 Å². The number of nitrogens with one attached hydrogen (secondary N) is 4. The van der Waals surface area contributed by atoms with E-state index in [0.29, 0.717) is 25.1 Å². The van der Waals surface area contributed by atoms with E-state index in [-0.39, 0.29) is 32.1 Å². The zero-order valence-corrected chi connectivity index (χ0v) is 22.0. The maximum Gasteiger partial charge on any atom is 0.326 e. The van der Waals surface area contributed by atoms with Crippen LogP contribution in [0.25, 0.3) is 0 Å². The number of benzene rings is 1. The number of rotatable bonds is 18.